The highest BCUT2D eigenvalue weighted by atomic mass is 16.7. The van der Waals surface area contributed by atoms with E-state index >= 15 is 0 Å². The second-order valence-corrected chi connectivity index (χ2v) is 17.7. The van der Waals surface area contributed by atoms with Crippen LogP contribution >= 0.6 is 0 Å². The summed E-state index contributed by atoms with van der Waals surface area (Å²) < 4.78 is 23.2. The Bertz CT molecular complexity index is 3230. The lowest BCUT2D eigenvalue weighted by atomic mass is 9.97. The molecule has 10 atom stereocenters. The van der Waals surface area contributed by atoms with Gasteiger partial charge in [-0.1, -0.05) is 103 Å². The van der Waals surface area contributed by atoms with Gasteiger partial charge in [0.05, 0.1) is 36.0 Å². The Balaban J connectivity index is 1.01. The van der Waals surface area contributed by atoms with Gasteiger partial charge in [0.2, 0.25) is 6.29 Å². The van der Waals surface area contributed by atoms with E-state index in [1.54, 1.807) is 12.1 Å². The monoisotopic (exact) mass is 954 g/mol. The highest BCUT2D eigenvalue weighted by Gasteiger charge is 2.51. The molecule has 0 aliphatic carbocycles. The average Bonchev–Trinajstić information content (AvgIpc) is 4.26. The van der Waals surface area contributed by atoms with Crippen molar-refractivity contribution in [2.24, 2.45) is 0 Å². The largest absolute Gasteiger partial charge is 0.462 e. The van der Waals surface area contributed by atoms with Crippen LogP contribution in [0.1, 0.15) is 22.8 Å². The number of nitrogens with one attached hydrogen (secondary N) is 2. The van der Waals surface area contributed by atoms with Crippen molar-refractivity contribution in [3.63, 3.8) is 0 Å². The van der Waals surface area contributed by atoms with Crippen LogP contribution < -0.4 is 4.74 Å². The van der Waals surface area contributed by atoms with Gasteiger partial charge in [0, 0.05) is 44.3 Å². The molecule has 7 aromatic rings. The molecule has 2 saturated heterocycles. The lowest BCUT2D eigenvalue weighted by Gasteiger charge is -2.45. The molecule has 9 N–H and O–H groups in total. The number of aromatic amines is 2. The summed E-state index contributed by atoms with van der Waals surface area (Å²) in [5, 5.41) is 73.5. The molecule has 71 heavy (non-hydrogen) atoms. The van der Waals surface area contributed by atoms with Gasteiger partial charge in [-0.2, -0.15) is 0 Å². The minimum atomic E-state index is -1.79. The lowest BCUT2D eigenvalue weighted by molar-refractivity contribution is -0.352. The molecule has 7 heterocycles. The standard InChI is InChI=1S/C56H50N4O11/c61-28-43-49(63)50(64)52(66)56(69-43)71-54-44(29-62)70-55(53(67)51(54)65)68-34-18-16-33(17-19-34)48-41-26-24-39(59-41)46(31-12-6-2-7-13-31)37-22-20-35(57-37)45(30-10-4-1-5-11-30)36-21-23-38(58-36)47(32-14-8-3-9-15-32)40-25-27-42(48)60-40/h1-27,43-44,49-57,60-67H,28-29H2. The van der Waals surface area contributed by atoms with E-state index in [0.29, 0.717) is 5.69 Å². The van der Waals surface area contributed by atoms with E-state index in [1.807, 2.05) is 91.0 Å². The van der Waals surface area contributed by atoms with Crippen LogP contribution in [0.3, 0.4) is 0 Å². The van der Waals surface area contributed by atoms with Crippen LogP contribution in [0.4, 0.5) is 0 Å². The van der Waals surface area contributed by atoms with E-state index in [2.05, 4.69) is 70.7 Å². The van der Waals surface area contributed by atoms with Crippen molar-refractivity contribution in [3.05, 3.63) is 162 Å². The van der Waals surface area contributed by atoms with Crippen LogP contribution in [0, 0.1) is 0 Å². The maximum Gasteiger partial charge on any atom is 0.229 e. The summed E-state index contributed by atoms with van der Waals surface area (Å²) in [4.78, 5) is 18.2. The number of aliphatic hydroxyl groups is 7. The Morgan fingerprint density at radius 1 is 0.408 bits per heavy atom. The van der Waals surface area contributed by atoms with Crippen LogP contribution in [0.2, 0.25) is 0 Å². The van der Waals surface area contributed by atoms with Gasteiger partial charge in [0.1, 0.15) is 54.6 Å². The summed E-state index contributed by atoms with van der Waals surface area (Å²) in [5.74, 6) is 0.263. The molecular formula is C56H50N4O11. The van der Waals surface area contributed by atoms with Gasteiger partial charge >= 0.3 is 0 Å². The van der Waals surface area contributed by atoms with Crippen molar-refractivity contribution in [2.75, 3.05) is 13.2 Å². The molecule has 11 rings (SSSR count). The van der Waals surface area contributed by atoms with E-state index in [-0.39, 0.29) is 5.75 Å². The zero-order chi connectivity index (χ0) is 48.8. The van der Waals surface area contributed by atoms with Crippen molar-refractivity contribution in [1.29, 1.82) is 0 Å². The maximum absolute atomic E-state index is 11.3. The van der Waals surface area contributed by atoms with Crippen molar-refractivity contribution in [2.45, 2.75) is 61.4 Å². The average molecular weight is 955 g/mol. The number of hydrogen-bond acceptors (Lipinski definition) is 13. The Kier molecular flexibility index (Phi) is 12.8. The maximum atomic E-state index is 11.3. The predicted molar refractivity (Wildman–Crippen MR) is 268 cm³/mol. The van der Waals surface area contributed by atoms with Gasteiger partial charge in [-0.05, 0) is 83.0 Å². The smallest absolute Gasteiger partial charge is 0.229 e. The first-order valence-electron chi connectivity index (χ1n) is 23.4. The Labute approximate surface area is 406 Å². The molecule has 15 heteroatoms. The van der Waals surface area contributed by atoms with E-state index in [4.69, 9.17) is 28.9 Å². The third-order valence-electron chi connectivity index (χ3n) is 13.3. The van der Waals surface area contributed by atoms with Gasteiger partial charge in [-0.25, -0.2) is 9.97 Å². The third kappa shape index (κ3) is 8.78. The third-order valence-corrected chi connectivity index (χ3v) is 13.3. The van der Waals surface area contributed by atoms with Gasteiger partial charge < -0.3 is 64.7 Å². The van der Waals surface area contributed by atoms with Crippen LogP contribution in [-0.4, -0.2) is 130 Å². The first-order chi connectivity index (χ1) is 34.7. The van der Waals surface area contributed by atoms with Crippen LogP contribution in [0.25, 0.3) is 90.9 Å². The zero-order valence-electron chi connectivity index (χ0n) is 37.9. The Morgan fingerprint density at radius 2 is 0.789 bits per heavy atom. The molecular weight excluding hydrogens is 905 g/mol. The van der Waals surface area contributed by atoms with Gasteiger partial charge in [-0.15, -0.1) is 0 Å². The number of rotatable bonds is 10. The van der Waals surface area contributed by atoms with Gasteiger partial charge in [-0.3, -0.25) is 0 Å². The number of nitrogens with zero attached hydrogens (tertiary/aromatic N) is 2. The molecule has 0 amide bonds. The molecule has 10 unspecified atom stereocenters. The SMILES string of the molecule is OCC1OC(OC2C(CO)OC(Oc3ccc(-c4c5nc(c(-c6ccccc6)c6ccc([nH]6)c(-c6ccccc6)c6nc(c(-c7ccccc7)c7ccc4[nH]7)C=C6)C=C5)cc3)C(O)C2O)C(O)C(O)C1O. The van der Waals surface area contributed by atoms with E-state index in [1.165, 1.54) is 0 Å². The fourth-order valence-corrected chi connectivity index (χ4v) is 9.72. The topological polar surface area (TPSA) is 236 Å². The number of aliphatic hydroxyl groups excluding tert-OH is 7. The van der Waals surface area contributed by atoms with Gasteiger partial charge in [0.25, 0.3) is 0 Å². The fraction of sp³-hybridized carbons (Fsp3) is 0.214. The molecule has 360 valence electrons. The summed E-state index contributed by atoms with van der Waals surface area (Å²) in [6, 6.07) is 45.9. The second-order valence-electron chi connectivity index (χ2n) is 17.7. The molecule has 4 aliphatic rings. The van der Waals surface area contributed by atoms with Crippen molar-refractivity contribution >= 4 is 46.4 Å². The van der Waals surface area contributed by atoms with Crippen LogP contribution in [-0.2, 0) is 14.2 Å². The normalized spacial score (nSPS) is 25.1. The molecule has 4 aliphatic heterocycles. The highest BCUT2D eigenvalue weighted by Crippen LogP contribution is 2.39. The summed E-state index contributed by atoms with van der Waals surface area (Å²) in [6.45, 7) is -1.41. The molecule has 2 fully saturated rings. The molecule has 8 bridgehead atoms. The number of H-pyrrole nitrogens is 2. The van der Waals surface area contributed by atoms with Crippen LogP contribution in [0.15, 0.2) is 140 Å². The predicted octanol–water partition coefficient (Wildman–Crippen LogP) is 6.33. The number of benzene rings is 4. The lowest BCUT2D eigenvalue weighted by Crippen LogP contribution is -2.65. The van der Waals surface area contributed by atoms with E-state index in [0.717, 1.165) is 83.7 Å². The molecule has 0 spiro atoms. The Morgan fingerprint density at radius 3 is 1.20 bits per heavy atom. The first kappa shape index (κ1) is 46.3. The zero-order valence-corrected chi connectivity index (χ0v) is 37.9. The number of ether oxygens (including phenoxy) is 4. The quantitative estimate of drug-likeness (QED) is 0.0731. The summed E-state index contributed by atoms with van der Waals surface area (Å²) in [6.07, 6.45) is -7.71. The first-order valence-corrected chi connectivity index (χ1v) is 23.4. The highest BCUT2D eigenvalue weighted by molar-refractivity contribution is 5.99. The van der Waals surface area contributed by atoms with E-state index in [9.17, 15) is 35.7 Å². The minimum Gasteiger partial charge on any atom is -0.462 e. The number of fused-ring (bicyclic) bond motifs is 8. The molecule has 15 nitrogen and oxygen atoms in total. The summed E-state index contributed by atoms with van der Waals surface area (Å²) >= 11 is 0. The van der Waals surface area contributed by atoms with Gasteiger partial charge in [0.15, 0.2) is 6.29 Å². The minimum absolute atomic E-state index is 0.263. The molecule has 4 aromatic carbocycles. The summed E-state index contributed by atoms with van der Waals surface area (Å²) in [5.41, 5.74) is 13.7. The fourth-order valence-electron chi connectivity index (χ4n) is 9.72. The molecule has 0 saturated carbocycles. The molecule has 0 radical (unpaired) electrons. The Hall–Kier alpha value is -7.12. The van der Waals surface area contributed by atoms with Crippen molar-refractivity contribution in [3.8, 4) is 50.3 Å². The summed E-state index contributed by atoms with van der Waals surface area (Å²) in [7, 11) is 0. The van der Waals surface area contributed by atoms with Crippen LogP contribution in [0.5, 0.6) is 5.75 Å². The van der Waals surface area contributed by atoms with Crippen molar-refractivity contribution < 1.29 is 54.7 Å². The second kappa shape index (κ2) is 19.6. The number of hydrogen-bond donors (Lipinski definition) is 9. The molecule has 3 aromatic heterocycles. The van der Waals surface area contributed by atoms with E-state index < -0.39 is 74.6 Å². The number of aromatic nitrogens is 4. The van der Waals surface area contributed by atoms with Crippen molar-refractivity contribution in [1.82, 2.24) is 19.9 Å².